The van der Waals surface area contributed by atoms with E-state index >= 15 is 0 Å². The molecule has 0 radical (unpaired) electrons. The van der Waals surface area contributed by atoms with E-state index in [1.165, 1.54) is 0 Å². The largest absolute Gasteiger partial charge is 0.392 e. The summed E-state index contributed by atoms with van der Waals surface area (Å²) in [5, 5.41) is 12.5. The quantitative estimate of drug-likeness (QED) is 0.848. The van der Waals surface area contributed by atoms with Crippen LogP contribution in [0.3, 0.4) is 0 Å². The second-order valence-electron chi connectivity index (χ2n) is 4.84. The maximum Gasteiger partial charge on any atom is 0.179 e. The third kappa shape index (κ3) is 3.80. The van der Waals surface area contributed by atoms with Gasteiger partial charge in [-0.3, -0.25) is 0 Å². The third-order valence-electron chi connectivity index (χ3n) is 3.33. The van der Waals surface area contributed by atoms with Gasteiger partial charge < -0.3 is 10.4 Å². The molecule has 0 aliphatic heterocycles. The second-order valence-corrected chi connectivity index (χ2v) is 7.47. The Bertz CT molecular complexity index is 760. The molecule has 2 rings (SSSR count). The highest BCUT2D eigenvalue weighted by atomic mass is 35.5. The lowest BCUT2D eigenvalue weighted by Gasteiger charge is -2.13. The summed E-state index contributed by atoms with van der Waals surface area (Å²) >= 11 is 6.08. The van der Waals surface area contributed by atoms with Crippen molar-refractivity contribution in [2.75, 3.05) is 11.1 Å². The number of sulfone groups is 1. The summed E-state index contributed by atoms with van der Waals surface area (Å²) in [6, 6.07) is 12.4. The number of hydrogen-bond acceptors (Lipinski definition) is 4. The van der Waals surface area contributed by atoms with E-state index in [9.17, 15) is 8.42 Å². The Morgan fingerprint density at radius 1 is 1.18 bits per heavy atom. The SMILES string of the molecule is CCS(=O)(=O)c1c(Cl)cccc1CNc1cccc(CO)c1. The molecule has 0 atom stereocenters. The average Bonchev–Trinajstić information content (AvgIpc) is 2.53. The Balaban J connectivity index is 2.29. The van der Waals surface area contributed by atoms with Crippen molar-refractivity contribution in [2.24, 2.45) is 0 Å². The molecule has 0 amide bonds. The molecule has 0 spiro atoms. The summed E-state index contributed by atoms with van der Waals surface area (Å²) in [5.74, 6) is 0.00370. The number of aliphatic hydroxyl groups excluding tert-OH is 1. The first kappa shape index (κ1) is 16.8. The molecule has 0 bridgehead atoms. The molecule has 118 valence electrons. The van der Waals surface area contributed by atoms with Gasteiger partial charge in [-0.05, 0) is 29.3 Å². The molecular formula is C16H18ClNO3S. The Morgan fingerprint density at radius 2 is 1.91 bits per heavy atom. The lowest BCUT2D eigenvalue weighted by molar-refractivity contribution is 0.282. The number of hydrogen-bond donors (Lipinski definition) is 2. The van der Waals surface area contributed by atoms with Crippen molar-refractivity contribution < 1.29 is 13.5 Å². The van der Waals surface area contributed by atoms with Gasteiger partial charge in [0.2, 0.25) is 0 Å². The van der Waals surface area contributed by atoms with Gasteiger partial charge in [0.1, 0.15) is 0 Å². The standard InChI is InChI=1S/C16H18ClNO3S/c1-2-22(20,21)16-13(6-4-8-15(16)17)10-18-14-7-3-5-12(9-14)11-19/h3-9,18-19H,2,10-11H2,1H3. The van der Waals surface area contributed by atoms with Crippen molar-refractivity contribution in [1.29, 1.82) is 0 Å². The second kappa shape index (κ2) is 7.13. The van der Waals surface area contributed by atoms with Crippen LogP contribution in [0.5, 0.6) is 0 Å². The summed E-state index contributed by atoms with van der Waals surface area (Å²) in [6.07, 6.45) is 0. The number of aliphatic hydroxyl groups is 1. The fraction of sp³-hybridized carbons (Fsp3) is 0.250. The molecule has 22 heavy (non-hydrogen) atoms. The molecule has 0 unspecified atom stereocenters. The summed E-state index contributed by atoms with van der Waals surface area (Å²) in [6.45, 7) is 1.90. The fourth-order valence-corrected chi connectivity index (χ4v) is 3.90. The third-order valence-corrected chi connectivity index (χ3v) is 5.62. The van der Waals surface area contributed by atoms with E-state index in [-0.39, 0.29) is 22.3 Å². The predicted molar refractivity (Wildman–Crippen MR) is 88.9 cm³/mol. The Kier molecular flexibility index (Phi) is 5.45. The van der Waals surface area contributed by atoms with Gasteiger partial charge in [0.25, 0.3) is 0 Å². The number of anilines is 1. The maximum atomic E-state index is 12.2. The van der Waals surface area contributed by atoms with Crippen LogP contribution in [0, 0.1) is 0 Å². The zero-order valence-corrected chi connectivity index (χ0v) is 13.8. The minimum Gasteiger partial charge on any atom is -0.392 e. The van der Waals surface area contributed by atoms with E-state index in [0.717, 1.165) is 11.3 Å². The summed E-state index contributed by atoms with van der Waals surface area (Å²) < 4.78 is 24.4. The van der Waals surface area contributed by atoms with Gasteiger partial charge in [0.15, 0.2) is 9.84 Å². The lowest BCUT2D eigenvalue weighted by atomic mass is 10.2. The van der Waals surface area contributed by atoms with Gasteiger partial charge in [-0.1, -0.05) is 42.8 Å². The first-order chi connectivity index (χ1) is 10.5. The molecule has 0 aromatic heterocycles. The van der Waals surface area contributed by atoms with Crippen LogP contribution in [0.4, 0.5) is 5.69 Å². The molecule has 0 aliphatic rings. The van der Waals surface area contributed by atoms with E-state index in [0.29, 0.717) is 12.1 Å². The first-order valence-electron chi connectivity index (χ1n) is 6.91. The number of rotatable bonds is 6. The molecule has 4 nitrogen and oxygen atoms in total. The van der Waals surface area contributed by atoms with E-state index in [4.69, 9.17) is 16.7 Å². The molecule has 2 N–H and O–H groups in total. The highest BCUT2D eigenvalue weighted by molar-refractivity contribution is 7.91. The lowest BCUT2D eigenvalue weighted by Crippen LogP contribution is -2.11. The van der Waals surface area contributed by atoms with E-state index < -0.39 is 9.84 Å². The van der Waals surface area contributed by atoms with Gasteiger partial charge in [-0.25, -0.2) is 8.42 Å². The van der Waals surface area contributed by atoms with Gasteiger partial charge >= 0.3 is 0 Å². The average molecular weight is 340 g/mol. The smallest absolute Gasteiger partial charge is 0.179 e. The molecule has 0 saturated heterocycles. The molecule has 6 heteroatoms. The van der Waals surface area contributed by atoms with Crippen molar-refractivity contribution in [3.05, 3.63) is 58.6 Å². The first-order valence-corrected chi connectivity index (χ1v) is 8.94. The fourth-order valence-electron chi connectivity index (χ4n) is 2.16. The van der Waals surface area contributed by atoms with Crippen LogP contribution < -0.4 is 5.32 Å². The normalized spacial score (nSPS) is 11.4. The Labute approximate surface area is 135 Å². The predicted octanol–water partition coefficient (Wildman–Crippen LogP) is 3.24. The topological polar surface area (TPSA) is 66.4 Å². The molecule has 0 heterocycles. The zero-order chi connectivity index (χ0) is 16.2. The van der Waals surface area contributed by atoms with E-state index in [1.54, 1.807) is 25.1 Å². The van der Waals surface area contributed by atoms with Crippen LogP contribution in [0.25, 0.3) is 0 Å². The highest BCUT2D eigenvalue weighted by Crippen LogP contribution is 2.27. The Hall–Kier alpha value is -1.56. The summed E-state index contributed by atoms with van der Waals surface area (Å²) in [7, 11) is -3.39. The van der Waals surface area contributed by atoms with Crippen LogP contribution in [-0.4, -0.2) is 19.3 Å². The van der Waals surface area contributed by atoms with Crippen molar-refractivity contribution >= 4 is 27.1 Å². The van der Waals surface area contributed by atoms with Crippen molar-refractivity contribution in [2.45, 2.75) is 25.0 Å². The molecular weight excluding hydrogens is 322 g/mol. The summed E-state index contributed by atoms with van der Waals surface area (Å²) in [4.78, 5) is 0.185. The monoisotopic (exact) mass is 339 g/mol. The van der Waals surface area contributed by atoms with Gasteiger partial charge in [-0.2, -0.15) is 0 Å². The highest BCUT2D eigenvalue weighted by Gasteiger charge is 2.20. The number of nitrogens with one attached hydrogen (secondary N) is 1. The number of benzene rings is 2. The minimum atomic E-state index is -3.39. The zero-order valence-electron chi connectivity index (χ0n) is 12.2. The van der Waals surface area contributed by atoms with Crippen LogP contribution >= 0.6 is 11.6 Å². The van der Waals surface area contributed by atoms with Crippen LogP contribution in [0.2, 0.25) is 5.02 Å². The molecule has 2 aromatic carbocycles. The molecule has 2 aromatic rings. The molecule has 0 saturated carbocycles. The summed E-state index contributed by atoms with van der Waals surface area (Å²) in [5.41, 5.74) is 2.23. The van der Waals surface area contributed by atoms with Gasteiger partial charge in [0, 0.05) is 12.2 Å². The molecule has 0 aliphatic carbocycles. The van der Waals surface area contributed by atoms with Crippen LogP contribution in [0.15, 0.2) is 47.4 Å². The number of halogens is 1. The minimum absolute atomic E-state index is 0.00370. The van der Waals surface area contributed by atoms with Crippen LogP contribution in [-0.2, 0) is 23.0 Å². The van der Waals surface area contributed by atoms with E-state index in [1.807, 2.05) is 24.3 Å². The Morgan fingerprint density at radius 3 is 2.59 bits per heavy atom. The molecule has 0 fully saturated rings. The van der Waals surface area contributed by atoms with Gasteiger partial charge in [-0.15, -0.1) is 0 Å². The van der Waals surface area contributed by atoms with Crippen molar-refractivity contribution in [3.8, 4) is 0 Å². The van der Waals surface area contributed by atoms with Gasteiger partial charge in [0.05, 0.1) is 22.3 Å². The van der Waals surface area contributed by atoms with E-state index in [2.05, 4.69) is 5.32 Å². The van der Waals surface area contributed by atoms with Crippen molar-refractivity contribution in [3.63, 3.8) is 0 Å². The van der Waals surface area contributed by atoms with Crippen molar-refractivity contribution in [1.82, 2.24) is 0 Å². The maximum absolute atomic E-state index is 12.2. The van der Waals surface area contributed by atoms with Crippen LogP contribution in [0.1, 0.15) is 18.1 Å².